The van der Waals surface area contributed by atoms with E-state index in [2.05, 4.69) is 0 Å². The molecule has 1 aliphatic carbocycles. The van der Waals surface area contributed by atoms with E-state index >= 15 is 0 Å². The van der Waals surface area contributed by atoms with Gasteiger partial charge in [-0.15, -0.1) is 0 Å². The maximum atomic E-state index is 13.9. The smallest absolute Gasteiger partial charge is 0.175 e. The molecular weight excluding hydrogens is 311 g/mol. The third kappa shape index (κ3) is 3.22. The second kappa shape index (κ2) is 5.93. The van der Waals surface area contributed by atoms with Crippen LogP contribution in [0.3, 0.4) is 0 Å². The Balaban J connectivity index is 2.04. The monoisotopic (exact) mass is 330 g/mol. The summed E-state index contributed by atoms with van der Waals surface area (Å²) in [5.41, 5.74) is 4.94. The summed E-state index contributed by atoms with van der Waals surface area (Å²) in [5.74, 6) is -0.186. The van der Waals surface area contributed by atoms with Crippen molar-refractivity contribution in [3.8, 4) is 0 Å². The van der Waals surface area contributed by atoms with Crippen molar-refractivity contribution in [1.29, 1.82) is 0 Å². The average Bonchev–Trinajstić information content (AvgIpc) is 2.99. The summed E-state index contributed by atoms with van der Waals surface area (Å²) in [6.07, 6.45) is 4.10. The van der Waals surface area contributed by atoms with Gasteiger partial charge in [-0.2, -0.15) is 0 Å². The summed E-state index contributed by atoms with van der Waals surface area (Å²) in [4.78, 5) is 0.322. The van der Waals surface area contributed by atoms with Crippen LogP contribution in [0, 0.1) is 12.7 Å². The standard InChI is InChI=1S/C19H19FO2S/c1-13-6-7-15(12-19(13)20)18-5-3-4-17(18)14-8-10-16(11-9-14)23(2,21)22/h6-12H,3-5H2,1-2H3. The van der Waals surface area contributed by atoms with Gasteiger partial charge in [-0.3, -0.25) is 0 Å². The van der Waals surface area contributed by atoms with Gasteiger partial charge in [0.1, 0.15) is 5.82 Å². The van der Waals surface area contributed by atoms with Crippen molar-refractivity contribution < 1.29 is 12.8 Å². The lowest BCUT2D eigenvalue weighted by Crippen LogP contribution is -1.97. The molecule has 1 aliphatic rings. The first-order chi connectivity index (χ1) is 10.9. The fourth-order valence-corrected chi connectivity index (χ4v) is 3.70. The summed E-state index contributed by atoms with van der Waals surface area (Å²) < 4.78 is 37.0. The van der Waals surface area contributed by atoms with Crippen LogP contribution in [0.25, 0.3) is 11.1 Å². The van der Waals surface area contributed by atoms with Crippen LogP contribution in [0.1, 0.15) is 36.0 Å². The van der Waals surface area contributed by atoms with Crippen LogP contribution >= 0.6 is 0 Å². The molecule has 2 nitrogen and oxygen atoms in total. The van der Waals surface area contributed by atoms with Crippen LogP contribution in [0.15, 0.2) is 47.4 Å². The molecule has 0 spiro atoms. The molecular formula is C19H19FO2S. The fraction of sp³-hybridized carbons (Fsp3) is 0.263. The largest absolute Gasteiger partial charge is 0.224 e. The molecule has 0 saturated carbocycles. The van der Waals surface area contributed by atoms with Crippen molar-refractivity contribution in [2.24, 2.45) is 0 Å². The van der Waals surface area contributed by atoms with Crippen LogP contribution in [-0.4, -0.2) is 14.7 Å². The molecule has 0 heterocycles. The highest BCUT2D eigenvalue weighted by Gasteiger charge is 2.19. The van der Waals surface area contributed by atoms with Crippen LogP contribution in [-0.2, 0) is 9.84 Å². The molecule has 0 N–H and O–H groups in total. The average molecular weight is 330 g/mol. The number of rotatable bonds is 3. The van der Waals surface area contributed by atoms with E-state index in [-0.39, 0.29) is 5.82 Å². The Bertz CT molecular complexity index is 878. The van der Waals surface area contributed by atoms with Gasteiger partial charge < -0.3 is 0 Å². The van der Waals surface area contributed by atoms with Crippen molar-refractivity contribution in [2.75, 3.05) is 6.26 Å². The minimum absolute atomic E-state index is 0.186. The van der Waals surface area contributed by atoms with Crippen molar-refractivity contribution >= 4 is 21.0 Å². The zero-order valence-corrected chi connectivity index (χ0v) is 14.1. The summed E-state index contributed by atoms with van der Waals surface area (Å²) >= 11 is 0. The first-order valence-electron chi connectivity index (χ1n) is 7.65. The summed E-state index contributed by atoms with van der Waals surface area (Å²) in [6, 6.07) is 12.3. The molecule has 0 unspecified atom stereocenters. The van der Waals surface area contributed by atoms with E-state index in [0.29, 0.717) is 10.5 Å². The Hall–Kier alpha value is -1.94. The molecule has 0 fully saturated rings. The first-order valence-corrected chi connectivity index (χ1v) is 9.54. The lowest BCUT2D eigenvalue weighted by Gasteiger charge is -2.10. The molecule has 0 radical (unpaired) electrons. The van der Waals surface area contributed by atoms with Gasteiger partial charge in [0.2, 0.25) is 0 Å². The molecule has 2 aromatic rings. The van der Waals surface area contributed by atoms with Crippen molar-refractivity contribution in [3.05, 3.63) is 65.0 Å². The van der Waals surface area contributed by atoms with Gasteiger partial charge in [0.25, 0.3) is 0 Å². The Labute approximate surface area is 136 Å². The first kappa shape index (κ1) is 15.9. The number of allylic oxidation sites excluding steroid dienone is 2. The van der Waals surface area contributed by atoms with Gasteiger partial charge in [0, 0.05) is 6.26 Å². The Morgan fingerprint density at radius 2 is 1.48 bits per heavy atom. The molecule has 0 aliphatic heterocycles. The predicted octanol–water partition coefficient (Wildman–Crippen LogP) is 4.63. The molecule has 23 heavy (non-hydrogen) atoms. The molecule has 0 amide bonds. The predicted molar refractivity (Wildman–Crippen MR) is 91.4 cm³/mol. The van der Waals surface area contributed by atoms with E-state index in [1.807, 2.05) is 18.2 Å². The van der Waals surface area contributed by atoms with E-state index in [0.717, 1.165) is 36.0 Å². The Kier molecular flexibility index (Phi) is 4.11. The topological polar surface area (TPSA) is 34.1 Å². The minimum Gasteiger partial charge on any atom is -0.224 e. The van der Waals surface area contributed by atoms with Crippen LogP contribution in [0.2, 0.25) is 0 Å². The number of benzene rings is 2. The highest BCUT2D eigenvalue weighted by atomic mass is 32.2. The van der Waals surface area contributed by atoms with Gasteiger partial charge >= 0.3 is 0 Å². The molecule has 0 aromatic heterocycles. The molecule has 3 rings (SSSR count). The molecule has 120 valence electrons. The molecule has 2 aromatic carbocycles. The lowest BCUT2D eigenvalue weighted by atomic mass is 9.96. The Morgan fingerprint density at radius 1 is 0.913 bits per heavy atom. The second-order valence-corrected chi connectivity index (χ2v) is 8.09. The van der Waals surface area contributed by atoms with Crippen LogP contribution < -0.4 is 0 Å². The van der Waals surface area contributed by atoms with Gasteiger partial charge in [-0.1, -0.05) is 24.3 Å². The number of hydrogen-bond acceptors (Lipinski definition) is 2. The maximum absolute atomic E-state index is 13.9. The van der Waals surface area contributed by atoms with Gasteiger partial charge in [-0.25, -0.2) is 12.8 Å². The summed E-state index contributed by atoms with van der Waals surface area (Å²) in [7, 11) is -3.18. The number of halogens is 1. The third-order valence-electron chi connectivity index (χ3n) is 4.37. The van der Waals surface area contributed by atoms with Gasteiger partial charge in [-0.05, 0) is 72.2 Å². The van der Waals surface area contributed by atoms with E-state index in [1.165, 1.54) is 11.8 Å². The molecule has 0 bridgehead atoms. The third-order valence-corrected chi connectivity index (χ3v) is 5.50. The number of sulfone groups is 1. The van der Waals surface area contributed by atoms with Crippen LogP contribution in [0.4, 0.5) is 4.39 Å². The summed E-state index contributed by atoms with van der Waals surface area (Å²) in [5, 5.41) is 0. The van der Waals surface area contributed by atoms with Crippen molar-refractivity contribution in [1.82, 2.24) is 0 Å². The molecule has 0 atom stereocenters. The van der Waals surface area contributed by atoms with Gasteiger partial charge in [0.15, 0.2) is 9.84 Å². The Morgan fingerprint density at radius 3 is 2.04 bits per heavy atom. The van der Waals surface area contributed by atoms with E-state index in [9.17, 15) is 12.8 Å². The molecule has 4 heteroatoms. The highest BCUT2D eigenvalue weighted by molar-refractivity contribution is 7.90. The number of aryl methyl sites for hydroxylation is 1. The van der Waals surface area contributed by atoms with Gasteiger partial charge in [0.05, 0.1) is 4.90 Å². The SMILES string of the molecule is Cc1ccc(C2=C(c3ccc(S(C)(=O)=O)cc3)CCC2)cc1F. The second-order valence-electron chi connectivity index (χ2n) is 6.07. The lowest BCUT2D eigenvalue weighted by molar-refractivity contribution is 0.602. The fourth-order valence-electron chi connectivity index (χ4n) is 3.06. The molecule has 0 saturated heterocycles. The van der Waals surface area contributed by atoms with Crippen LogP contribution in [0.5, 0.6) is 0 Å². The highest BCUT2D eigenvalue weighted by Crippen LogP contribution is 2.40. The van der Waals surface area contributed by atoms with E-state index in [4.69, 9.17) is 0 Å². The van der Waals surface area contributed by atoms with Crippen molar-refractivity contribution in [2.45, 2.75) is 31.1 Å². The van der Waals surface area contributed by atoms with Crippen molar-refractivity contribution in [3.63, 3.8) is 0 Å². The number of hydrogen-bond donors (Lipinski definition) is 0. The minimum atomic E-state index is -3.18. The maximum Gasteiger partial charge on any atom is 0.175 e. The zero-order valence-electron chi connectivity index (χ0n) is 13.3. The van der Waals surface area contributed by atoms with E-state index < -0.39 is 9.84 Å². The quantitative estimate of drug-likeness (QED) is 0.822. The van der Waals surface area contributed by atoms with E-state index in [1.54, 1.807) is 31.2 Å². The zero-order chi connectivity index (χ0) is 16.6. The summed E-state index contributed by atoms with van der Waals surface area (Å²) in [6.45, 7) is 1.76. The normalized spacial score (nSPS) is 15.3.